The number of amides is 1. The number of benzene rings is 2. The van der Waals surface area contributed by atoms with Crippen LogP contribution in [0.15, 0.2) is 53.3 Å². The maximum absolute atomic E-state index is 13.0. The average Bonchev–Trinajstić information content (AvgIpc) is 3.16. The van der Waals surface area contributed by atoms with Gasteiger partial charge in [0, 0.05) is 11.9 Å². The van der Waals surface area contributed by atoms with E-state index in [0.717, 1.165) is 22.2 Å². The molecule has 0 spiro atoms. The summed E-state index contributed by atoms with van der Waals surface area (Å²) < 4.78 is 13.7. The average molecular weight is 420 g/mol. The smallest absolute Gasteiger partial charge is 0.291 e. The Morgan fingerprint density at radius 3 is 2.52 bits per heavy atom. The number of nitrogens with zero attached hydrogens (tertiary/aromatic N) is 3. The van der Waals surface area contributed by atoms with Crippen molar-refractivity contribution in [3.05, 3.63) is 70.3 Å². The first-order valence-corrected chi connectivity index (χ1v) is 10.1. The van der Waals surface area contributed by atoms with Gasteiger partial charge in [0.05, 0.1) is 19.2 Å². The standard InChI is InChI=1S/C23H24N4O4/c1-4-31-18-7-5-16(6-8-18)13-24-22(28)14-26-23(29)21-12-17-11-19(30-3)9-10-20(17)27(21)15(2)25-26/h5-12H,4,13-14H2,1-3H3,(H,24,28). The predicted molar refractivity (Wildman–Crippen MR) is 118 cm³/mol. The minimum atomic E-state index is -0.322. The molecule has 0 radical (unpaired) electrons. The number of methoxy groups -OCH3 is 1. The highest BCUT2D eigenvalue weighted by Gasteiger charge is 2.14. The number of hydrogen-bond acceptors (Lipinski definition) is 5. The van der Waals surface area contributed by atoms with Crippen LogP contribution in [0, 0.1) is 6.92 Å². The van der Waals surface area contributed by atoms with Gasteiger partial charge < -0.3 is 14.8 Å². The minimum Gasteiger partial charge on any atom is -0.497 e. The van der Waals surface area contributed by atoms with E-state index in [0.29, 0.717) is 30.2 Å². The van der Waals surface area contributed by atoms with Gasteiger partial charge in [0.25, 0.3) is 5.56 Å². The lowest BCUT2D eigenvalue weighted by Crippen LogP contribution is -2.34. The maximum atomic E-state index is 13.0. The molecule has 2 heterocycles. The summed E-state index contributed by atoms with van der Waals surface area (Å²) in [5.74, 6) is 1.83. The first kappa shape index (κ1) is 20.5. The number of fused-ring (bicyclic) bond motifs is 3. The van der Waals surface area contributed by atoms with Gasteiger partial charge in [-0.25, -0.2) is 4.68 Å². The highest BCUT2D eigenvalue weighted by molar-refractivity contribution is 5.88. The molecule has 4 aromatic rings. The van der Waals surface area contributed by atoms with Gasteiger partial charge in [-0.15, -0.1) is 0 Å². The molecule has 0 aliphatic rings. The van der Waals surface area contributed by atoms with Gasteiger partial charge in [-0.2, -0.15) is 5.10 Å². The molecule has 0 unspecified atom stereocenters. The predicted octanol–water partition coefficient (Wildman–Crippen LogP) is 2.68. The van der Waals surface area contributed by atoms with Gasteiger partial charge in [-0.05, 0) is 55.8 Å². The zero-order valence-corrected chi connectivity index (χ0v) is 17.7. The first-order chi connectivity index (χ1) is 15.0. The summed E-state index contributed by atoms with van der Waals surface area (Å²) in [6.07, 6.45) is 0. The number of aryl methyl sites for hydroxylation is 1. The third-order valence-electron chi connectivity index (χ3n) is 5.07. The number of carbonyl (C=O) groups excluding carboxylic acids is 1. The van der Waals surface area contributed by atoms with Crippen molar-refractivity contribution in [3.63, 3.8) is 0 Å². The van der Waals surface area contributed by atoms with E-state index in [1.165, 1.54) is 4.68 Å². The van der Waals surface area contributed by atoms with Gasteiger partial charge in [0.1, 0.15) is 29.4 Å². The molecule has 4 rings (SSSR count). The van der Waals surface area contributed by atoms with Gasteiger partial charge in [0.15, 0.2) is 0 Å². The molecular formula is C23H24N4O4. The lowest BCUT2D eigenvalue weighted by atomic mass is 10.2. The fourth-order valence-corrected chi connectivity index (χ4v) is 3.59. The highest BCUT2D eigenvalue weighted by atomic mass is 16.5. The van der Waals surface area contributed by atoms with E-state index in [4.69, 9.17) is 9.47 Å². The fourth-order valence-electron chi connectivity index (χ4n) is 3.59. The van der Waals surface area contributed by atoms with Crippen molar-refractivity contribution in [2.45, 2.75) is 26.9 Å². The molecule has 31 heavy (non-hydrogen) atoms. The summed E-state index contributed by atoms with van der Waals surface area (Å²) in [5, 5.41) is 8.06. The second-order valence-corrected chi connectivity index (χ2v) is 7.15. The van der Waals surface area contributed by atoms with Crippen molar-refractivity contribution in [1.82, 2.24) is 19.5 Å². The van der Waals surface area contributed by atoms with Crippen LogP contribution in [0.1, 0.15) is 18.3 Å². The molecule has 1 N–H and O–H groups in total. The minimum absolute atomic E-state index is 0.155. The SMILES string of the molecule is CCOc1ccc(CNC(=O)Cn2nc(C)n3c(cc4cc(OC)ccc43)c2=O)cc1. The summed E-state index contributed by atoms with van der Waals surface area (Å²) in [5.41, 5.74) is 1.95. The third kappa shape index (κ3) is 4.09. The second kappa shape index (κ2) is 8.51. The molecule has 0 atom stereocenters. The van der Waals surface area contributed by atoms with Crippen LogP contribution in [0.2, 0.25) is 0 Å². The van der Waals surface area contributed by atoms with Crippen molar-refractivity contribution >= 4 is 22.3 Å². The van der Waals surface area contributed by atoms with E-state index in [2.05, 4.69) is 10.4 Å². The Balaban J connectivity index is 1.53. The Morgan fingerprint density at radius 2 is 1.81 bits per heavy atom. The fraction of sp³-hybridized carbons (Fsp3) is 0.261. The molecule has 0 bridgehead atoms. The molecule has 1 amide bonds. The third-order valence-corrected chi connectivity index (χ3v) is 5.07. The molecule has 160 valence electrons. The lowest BCUT2D eigenvalue weighted by Gasteiger charge is -2.10. The lowest BCUT2D eigenvalue weighted by molar-refractivity contribution is -0.122. The normalized spacial score (nSPS) is 11.1. The Hall–Kier alpha value is -3.81. The maximum Gasteiger partial charge on any atom is 0.291 e. The summed E-state index contributed by atoms with van der Waals surface area (Å²) in [7, 11) is 1.60. The van der Waals surface area contributed by atoms with Crippen molar-refractivity contribution in [1.29, 1.82) is 0 Å². The first-order valence-electron chi connectivity index (χ1n) is 10.1. The summed E-state index contributed by atoms with van der Waals surface area (Å²) in [6, 6.07) is 14.9. The number of carbonyl (C=O) groups is 1. The molecular weight excluding hydrogens is 396 g/mol. The molecule has 0 fully saturated rings. The molecule has 8 heteroatoms. The van der Waals surface area contributed by atoms with Gasteiger partial charge in [-0.1, -0.05) is 12.1 Å². The van der Waals surface area contributed by atoms with E-state index in [1.54, 1.807) is 17.6 Å². The topological polar surface area (TPSA) is 86.9 Å². The van der Waals surface area contributed by atoms with Crippen LogP contribution >= 0.6 is 0 Å². The molecule has 0 saturated heterocycles. The second-order valence-electron chi connectivity index (χ2n) is 7.15. The number of hydrogen-bond donors (Lipinski definition) is 1. The van der Waals surface area contributed by atoms with Crippen molar-refractivity contribution in [2.75, 3.05) is 13.7 Å². The molecule has 0 aliphatic carbocycles. The van der Waals surface area contributed by atoms with Crippen molar-refractivity contribution in [3.8, 4) is 11.5 Å². The van der Waals surface area contributed by atoms with Crippen LogP contribution < -0.4 is 20.3 Å². The quantitative estimate of drug-likeness (QED) is 0.497. The number of aromatic nitrogens is 3. The van der Waals surface area contributed by atoms with Crippen molar-refractivity contribution in [2.24, 2.45) is 0 Å². The van der Waals surface area contributed by atoms with E-state index >= 15 is 0 Å². The monoisotopic (exact) mass is 420 g/mol. The van der Waals surface area contributed by atoms with Crippen LogP contribution in [-0.2, 0) is 17.9 Å². The zero-order valence-electron chi connectivity index (χ0n) is 17.7. The van der Waals surface area contributed by atoms with Crippen LogP contribution in [0.5, 0.6) is 11.5 Å². The van der Waals surface area contributed by atoms with E-state index < -0.39 is 0 Å². The number of ether oxygens (including phenoxy) is 2. The molecule has 0 aliphatic heterocycles. The number of rotatable bonds is 7. The van der Waals surface area contributed by atoms with Crippen LogP contribution in [0.25, 0.3) is 16.4 Å². The Kier molecular flexibility index (Phi) is 5.62. The van der Waals surface area contributed by atoms with Crippen LogP contribution in [0.4, 0.5) is 0 Å². The summed E-state index contributed by atoms with van der Waals surface area (Å²) in [6.45, 7) is 4.54. The summed E-state index contributed by atoms with van der Waals surface area (Å²) in [4.78, 5) is 25.4. The van der Waals surface area contributed by atoms with Crippen LogP contribution in [0.3, 0.4) is 0 Å². The molecule has 2 aromatic heterocycles. The van der Waals surface area contributed by atoms with Gasteiger partial charge in [0.2, 0.25) is 5.91 Å². The van der Waals surface area contributed by atoms with Crippen molar-refractivity contribution < 1.29 is 14.3 Å². The Labute approximate surface area is 179 Å². The molecule has 0 saturated carbocycles. The molecule has 2 aromatic carbocycles. The van der Waals surface area contributed by atoms with E-state index in [1.807, 2.05) is 56.3 Å². The number of nitrogens with one attached hydrogen (secondary N) is 1. The highest BCUT2D eigenvalue weighted by Crippen LogP contribution is 2.24. The largest absolute Gasteiger partial charge is 0.497 e. The van der Waals surface area contributed by atoms with E-state index in [9.17, 15) is 9.59 Å². The summed E-state index contributed by atoms with van der Waals surface area (Å²) >= 11 is 0. The van der Waals surface area contributed by atoms with E-state index in [-0.39, 0.29) is 18.0 Å². The van der Waals surface area contributed by atoms with Crippen LogP contribution in [-0.4, -0.2) is 33.8 Å². The van der Waals surface area contributed by atoms with Gasteiger partial charge in [-0.3, -0.25) is 14.0 Å². The molecule has 8 nitrogen and oxygen atoms in total. The Morgan fingerprint density at radius 1 is 1.06 bits per heavy atom. The van der Waals surface area contributed by atoms with Gasteiger partial charge >= 0.3 is 0 Å². The zero-order chi connectivity index (χ0) is 22.0. The Bertz CT molecular complexity index is 1310.